The molecule has 8 nitrogen and oxygen atoms in total. The third kappa shape index (κ3) is 3.60. The van der Waals surface area contributed by atoms with E-state index in [-0.39, 0.29) is 6.03 Å². The van der Waals surface area contributed by atoms with Crippen molar-refractivity contribution in [1.82, 2.24) is 24.6 Å². The quantitative estimate of drug-likeness (QED) is 0.459. The molecule has 1 fully saturated rings. The number of benzene rings is 2. The summed E-state index contributed by atoms with van der Waals surface area (Å²) in [5.41, 5.74) is 3.37. The lowest BCUT2D eigenvalue weighted by Crippen LogP contribution is -2.42. The fraction of sp³-hybridized carbons (Fsp3) is 0.227. The summed E-state index contributed by atoms with van der Waals surface area (Å²) in [6.07, 6.45) is 0. The average molecular weight is 430 g/mol. The Morgan fingerprint density at radius 2 is 1.87 bits per heavy atom. The number of aromatic nitrogens is 4. The maximum atomic E-state index is 13.4. The first kappa shape index (κ1) is 19.5. The number of para-hydroxylation sites is 1. The van der Waals surface area contributed by atoms with Crippen molar-refractivity contribution < 1.29 is 9.53 Å². The van der Waals surface area contributed by atoms with E-state index in [1.807, 2.05) is 42.5 Å². The second-order valence-corrected chi connectivity index (χ2v) is 8.00. The SMILES string of the molecule is N#Cc1ccccc1CSc1nnc2c3ccccc3n(C(=O)N3CCOCC3)c2n1. The number of hydrogen-bond donors (Lipinski definition) is 0. The van der Waals surface area contributed by atoms with Gasteiger partial charge >= 0.3 is 6.03 Å². The number of morpholine rings is 1. The molecule has 31 heavy (non-hydrogen) atoms. The van der Waals surface area contributed by atoms with Gasteiger partial charge in [-0.05, 0) is 17.7 Å². The van der Waals surface area contributed by atoms with E-state index < -0.39 is 0 Å². The summed E-state index contributed by atoms with van der Waals surface area (Å²) in [4.78, 5) is 19.8. The van der Waals surface area contributed by atoms with E-state index in [0.29, 0.717) is 53.9 Å². The molecule has 0 unspecified atom stereocenters. The van der Waals surface area contributed by atoms with Gasteiger partial charge in [0.2, 0.25) is 5.16 Å². The number of rotatable bonds is 3. The number of fused-ring (bicyclic) bond motifs is 3. The minimum atomic E-state index is -0.138. The maximum absolute atomic E-state index is 13.4. The lowest BCUT2D eigenvalue weighted by Gasteiger charge is -2.27. The van der Waals surface area contributed by atoms with Crippen molar-refractivity contribution in [3.8, 4) is 6.07 Å². The first-order valence-corrected chi connectivity index (χ1v) is 10.9. The Kier molecular flexibility index (Phi) is 5.24. The summed E-state index contributed by atoms with van der Waals surface area (Å²) in [6.45, 7) is 2.13. The lowest BCUT2D eigenvalue weighted by molar-refractivity contribution is 0.0539. The standard InChI is InChI=1S/C22H18N6O2S/c23-13-15-5-1-2-6-16(15)14-31-21-24-20-19(25-26-21)17-7-3-4-8-18(17)28(20)22(29)27-9-11-30-12-10-27/h1-8H,9-12,14H2. The highest BCUT2D eigenvalue weighted by atomic mass is 32.2. The first-order valence-electron chi connectivity index (χ1n) is 9.88. The van der Waals surface area contributed by atoms with Crippen LogP contribution in [0.1, 0.15) is 11.1 Å². The number of carbonyl (C=O) groups is 1. The third-order valence-electron chi connectivity index (χ3n) is 5.23. The van der Waals surface area contributed by atoms with Gasteiger partial charge in [0.05, 0.1) is 30.4 Å². The van der Waals surface area contributed by atoms with Crippen LogP contribution in [-0.2, 0) is 10.5 Å². The van der Waals surface area contributed by atoms with Crippen LogP contribution in [0.4, 0.5) is 4.79 Å². The van der Waals surface area contributed by atoms with Gasteiger partial charge in [-0.25, -0.2) is 14.3 Å². The van der Waals surface area contributed by atoms with Gasteiger partial charge in [0, 0.05) is 24.2 Å². The van der Waals surface area contributed by atoms with E-state index >= 15 is 0 Å². The van der Waals surface area contributed by atoms with Crippen LogP contribution in [-0.4, -0.2) is 57.0 Å². The van der Waals surface area contributed by atoms with E-state index in [2.05, 4.69) is 21.3 Å². The Labute approximate surface area is 182 Å². The topological polar surface area (TPSA) is 96.9 Å². The number of thioether (sulfide) groups is 1. The van der Waals surface area contributed by atoms with Gasteiger partial charge in [-0.2, -0.15) is 5.26 Å². The molecule has 0 aliphatic carbocycles. The Hall–Kier alpha value is -3.48. The van der Waals surface area contributed by atoms with Crippen molar-refractivity contribution >= 4 is 39.9 Å². The maximum Gasteiger partial charge on any atom is 0.330 e. The highest BCUT2D eigenvalue weighted by Gasteiger charge is 2.24. The monoisotopic (exact) mass is 430 g/mol. The molecule has 154 valence electrons. The van der Waals surface area contributed by atoms with Crippen LogP contribution in [0.3, 0.4) is 0 Å². The van der Waals surface area contributed by atoms with Gasteiger partial charge in [0.15, 0.2) is 5.65 Å². The highest BCUT2D eigenvalue weighted by Crippen LogP contribution is 2.29. The third-order valence-corrected chi connectivity index (χ3v) is 6.11. The minimum absolute atomic E-state index is 0.138. The van der Waals surface area contributed by atoms with Crippen molar-refractivity contribution in [2.75, 3.05) is 26.3 Å². The summed E-state index contributed by atoms with van der Waals surface area (Å²) in [5.74, 6) is 0.536. The van der Waals surface area contributed by atoms with Crippen LogP contribution in [0.5, 0.6) is 0 Å². The fourth-order valence-corrected chi connectivity index (χ4v) is 4.45. The predicted octanol–water partition coefficient (Wildman–Crippen LogP) is 3.44. The lowest BCUT2D eigenvalue weighted by atomic mass is 10.1. The smallest absolute Gasteiger partial charge is 0.330 e. The molecular formula is C22H18N6O2S. The summed E-state index contributed by atoms with van der Waals surface area (Å²) < 4.78 is 7.01. The molecule has 1 aliphatic rings. The van der Waals surface area contributed by atoms with Crippen LogP contribution >= 0.6 is 11.8 Å². The van der Waals surface area contributed by atoms with Crippen LogP contribution in [0.25, 0.3) is 22.1 Å². The number of hydrogen-bond acceptors (Lipinski definition) is 7. The second kappa shape index (κ2) is 8.34. The van der Waals surface area contributed by atoms with Crippen molar-refractivity contribution in [2.24, 2.45) is 0 Å². The average Bonchev–Trinajstić information content (AvgIpc) is 3.16. The molecule has 0 spiro atoms. The summed E-state index contributed by atoms with van der Waals surface area (Å²) in [5, 5.41) is 19.3. The van der Waals surface area contributed by atoms with E-state index in [0.717, 1.165) is 16.5 Å². The molecule has 1 saturated heterocycles. The van der Waals surface area contributed by atoms with Crippen LogP contribution < -0.4 is 0 Å². The predicted molar refractivity (Wildman–Crippen MR) is 117 cm³/mol. The molecule has 9 heteroatoms. The molecule has 1 amide bonds. The largest absolute Gasteiger partial charge is 0.378 e. The highest BCUT2D eigenvalue weighted by molar-refractivity contribution is 7.98. The molecule has 5 rings (SSSR count). The van der Waals surface area contributed by atoms with Crippen molar-refractivity contribution in [2.45, 2.75) is 10.9 Å². The molecule has 0 bridgehead atoms. The van der Waals surface area contributed by atoms with Gasteiger partial charge < -0.3 is 9.64 Å². The Morgan fingerprint density at radius 1 is 1.10 bits per heavy atom. The molecule has 0 atom stereocenters. The number of nitrogens with zero attached hydrogens (tertiary/aromatic N) is 6. The van der Waals surface area contributed by atoms with E-state index in [9.17, 15) is 10.1 Å². The van der Waals surface area contributed by atoms with E-state index in [4.69, 9.17) is 4.74 Å². The number of ether oxygens (including phenoxy) is 1. The Bertz CT molecular complexity index is 1320. The molecule has 0 saturated carbocycles. The normalized spacial score (nSPS) is 14.1. The van der Waals surface area contributed by atoms with E-state index in [1.54, 1.807) is 15.5 Å². The van der Waals surface area contributed by atoms with Gasteiger partial charge in [-0.15, -0.1) is 10.2 Å². The first-order chi connectivity index (χ1) is 15.3. The van der Waals surface area contributed by atoms with Crippen molar-refractivity contribution in [3.05, 3.63) is 59.7 Å². The Balaban J connectivity index is 1.55. The minimum Gasteiger partial charge on any atom is -0.378 e. The molecule has 3 heterocycles. The molecule has 1 aliphatic heterocycles. The Morgan fingerprint density at radius 3 is 2.71 bits per heavy atom. The zero-order chi connectivity index (χ0) is 21.2. The van der Waals surface area contributed by atoms with Gasteiger partial charge in [0.1, 0.15) is 5.52 Å². The number of amides is 1. The van der Waals surface area contributed by atoms with E-state index in [1.165, 1.54) is 11.8 Å². The molecular weight excluding hydrogens is 412 g/mol. The molecule has 4 aromatic rings. The van der Waals surface area contributed by atoms with Crippen molar-refractivity contribution in [1.29, 1.82) is 5.26 Å². The summed E-state index contributed by atoms with van der Waals surface area (Å²) in [6, 6.07) is 17.1. The zero-order valence-corrected chi connectivity index (χ0v) is 17.4. The fourth-order valence-electron chi connectivity index (χ4n) is 3.66. The number of carbonyl (C=O) groups excluding carboxylic acids is 1. The van der Waals surface area contributed by atoms with Gasteiger partial charge in [-0.1, -0.05) is 48.2 Å². The molecule has 2 aromatic carbocycles. The van der Waals surface area contributed by atoms with Crippen molar-refractivity contribution in [3.63, 3.8) is 0 Å². The zero-order valence-electron chi connectivity index (χ0n) is 16.6. The molecule has 2 aromatic heterocycles. The van der Waals surface area contributed by atoms with Crippen LogP contribution in [0.2, 0.25) is 0 Å². The van der Waals surface area contributed by atoms with Gasteiger partial charge in [0.25, 0.3) is 0 Å². The van der Waals surface area contributed by atoms with Gasteiger partial charge in [-0.3, -0.25) is 0 Å². The molecule has 0 radical (unpaired) electrons. The number of nitriles is 1. The molecule has 0 N–H and O–H groups in total. The summed E-state index contributed by atoms with van der Waals surface area (Å²) >= 11 is 1.39. The second-order valence-electron chi connectivity index (χ2n) is 7.06. The summed E-state index contributed by atoms with van der Waals surface area (Å²) in [7, 11) is 0. The van der Waals surface area contributed by atoms with Crippen LogP contribution in [0.15, 0.2) is 53.7 Å². The van der Waals surface area contributed by atoms with Crippen LogP contribution in [0, 0.1) is 11.3 Å².